The molecule has 0 unspecified atom stereocenters. The predicted molar refractivity (Wildman–Crippen MR) is 85.3 cm³/mol. The Hall–Kier alpha value is -1.58. The van der Waals surface area contributed by atoms with Crippen LogP contribution >= 0.6 is 11.6 Å². The number of halogens is 1. The van der Waals surface area contributed by atoms with E-state index in [1.807, 2.05) is 44.3 Å². The van der Waals surface area contributed by atoms with Crippen molar-refractivity contribution in [3.05, 3.63) is 58.4 Å². The fraction of sp³-hybridized carbons (Fsp3) is 0.312. The lowest BCUT2D eigenvalue weighted by Crippen LogP contribution is -2.17. The summed E-state index contributed by atoms with van der Waals surface area (Å²) in [6.07, 6.45) is 0.808. The second-order valence-corrected chi connectivity index (χ2v) is 5.35. The second-order valence-electron chi connectivity index (χ2n) is 4.94. The van der Waals surface area contributed by atoms with Crippen LogP contribution in [-0.2, 0) is 13.0 Å². The molecule has 4 heteroatoms. The molecule has 0 saturated heterocycles. The van der Waals surface area contributed by atoms with Crippen molar-refractivity contribution in [1.82, 2.24) is 4.98 Å². The number of anilines is 1. The Balaban J connectivity index is 2.13. The maximum Gasteiger partial charge on any atom is 0.0600 e. The van der Waals surface area contributed by atoms with Gasteiger partial charge in [-0.05, 0) is 49.7 Å². The molecule has 0 bridgehead atoms. The summed E-state index contributed by atoms with van der Waals surface area (Å²) >= 11 is 6.28. The van der Waals surface area contributed by atoms with E-state index in [0.29, 0.717) is 6.54 Å². The molecule has 106 valence electrons. The first kappa shape index (κ1) is 14.8. The normalized spacial score (nSPS) is 10.6. The summed E-state index contributed by atoms with van der Waals surface area (Å²) in [5.74, 6) is 0. The van der Waals surface area contributed by atoms with Gasteiger partial charge in [0.25, 0.3) is 0 Å². The minimum atomic E-state index is 0.613. The first-order valence-electron chi connectivity index (χ1n) is 6.72. The van der Waals surface area contributed by atoms with Crippen molar-refractivity contribution in [3.63, 3.8) is 0 Å². The standard InChI is InChI=1S/C16H20ClN3/c1-12-4-3-5-14(19-12)11-20(2)15-7-6-13(8-9-18)16(17)10-15/h3-7,10H,8-9,11,18H2,1-2H3. The zero-order valence-electron chi connectivity index (χ0n) is 11.9. The summed E-state index contributed by atoms with van der Waals surface area (Å²) in [7, 11) is 2.04. The third-order valence-electron chi connectivity index (χ3n) is 3.24. The first-order valence-corrected chi connectivity index (χ1v) is 7.10. The Bertz CT molecular complexity index is 584. The number of pyridine rings is 1. The topological polar surface area (TPSA) is 42.1 Å². The van der Waals surface area contributed by atoms with Crippen molar-refractivity contribution in [2.75, 3.05) is 18.5 Å². The predicted octanol–water partition coefficient (Wildman–Crippen LogP) is 3.18. The van der Waals surface area contributed by atoms with E-state index in [0.717, 1.165) is 40.6 Å². The fourth-order valence-corrected chi connectivity index (χ4v) is 2.42. The quantitative estimate of drug-likeness (QED) is 0.919. The van der Waals surface area contributed by atoms with E-state index in [4.69, 9.17) is 17.3 Å². The van der Waals surface area contributed by atoms with E-state index in [1.165, 1.54) is 0 Å². The van der Waals surface area contributed by atoms with Gasteiger partial charge in [0.15, 0.2) is 0 Å². The van der Waals surface area contributed by atoms with Crippen molar-refractivity contribution in [1.29, 1.82) is 0 Å². The molecule has 0 fully saturated rings. The molecule has 2 aromatic rings. The molecular weight excluding hydrogens is 270 g/mol. The average Bonchev–Trinajstić information content (AvgIpc) is 2.41. The number of aromatic nitrogens is 1. The highest BCUT2D eigenvalue weighted by atomic mass is 35.5. The summed E-state index contributed by atoms with van der Waals surface area (Å²) in [4.78, 5) is 6.66. The third-order valence-corrected chi connectivity index (χ3v) is 3.59. The lowest BCUT2D eigenvalue weighted by Gasteiger charge is -2.20. The number of nitrogens with two attached hydrogens (primary N) is 1. The van der Waals surface area contributed by atoms with E-state index in [9.17, 15) is 0 Å². The van der Waals surface area contributed by atoms with Crippen LogP contribution < -0.4 is 10.6 Å². The minimum Gasteiger partial charge on any atom is -0.369 e. The van der Waals surface area contributed by atoms with Gasteiger partial charge in [0, 0.05) is 23.5 Å². The Morgan fingerprint density at radius 2 is 2.05 bits per heavy atom. The zero-order valence-corrected chi connectivity index (χ0v) is 12.7. The van der Waals surface area contributed by atoms with Gasteiger partial charge in [-0.3, -0.25) is 4.98 Å². The van der Waals surface area contributed by atoms with Crippen LogP contribution in [0.25, 0.3) is 0 Å². The molecule has 0 atom stereocenters. The first-order chi connectivity index (χ1) is 9.60. The number of rotatable bonds is 5. The summed E-state index contributed by atoms with van der Waals surface area (Å²) in [5, 5.41) is 0.775. The number of hydrogen-bond acceptors (Lipinski definition) is 3. The van der Waals surface area contributed by atoms with Gasteiger partial charge in [-0.15, -0.1) is 0 Å². The van der Waals surface area contributed by atoms with Crippen molar-refractivity contribution < 1.29 is 0 Å². The van der Waals surface area contributed by atoms with E-state index in [-0.39, 0.29) is 0 Å². The fourth-order valence-electron chi connectivity index (χ4n) is 2.15. The monoisotopic (exact) mass is 289 g/mol. The third kappa shape index (κ3) is 3.71. The molecule has 0 amide bonds. The molecule has 0 saturated carbocycles. The van der Waals surface area contributed by atoms with Crippen LogP contribution in [-0.4, -0.2) is 18.6 Å². The van der Waals surface area contributed by atoms with Gasteiger partial charge in [-0.25, -0.2) is 0 Å². The van der Waals surface area contributed by atoms with Gasteiger partial charge in [-0.2, -0.15) is 0 Å². The molecule has 20 heavy (non-hydrogen) atoms. The molecule has 0 radical (unpaired) electrons. The van der Waals surface area contributed by atoms with Gasteiger partial charge in [0.2, 0.25) is 0 Å². The summed E-state index contributed by atoms with van der Waals surface area (Å²) in [5.41, 5.74) is 9.83. The molecule has 0 spiro atoms. The molecule has 0 aliphatic heterocycles. The minimum absolute atomic E-state index is 0.613. The Kier molecular flexibility index (Phi) is 4.99. The highest BCUT2D eigenvalue weighted by molar-refractivity contribution is 6.31. The Morgan fingerprint density at radius 3 is 2.70 bits per heavy atom. The molecule has 1 aromatic heterocycles. The van der Waals surface area contributed by atoms with Crippen molar-refractivity contribution in [2.24, 2.45) is 5.73 Å². The van der Waals surface area contributed by atoms with Crippen molar-refractivity contribution in [2.45, 2.75) is 19.9 Å². The Labute approximate surface area is 125 Å². The van der Waals surface area contributed by atoms with E-state index >= 15 is 0 Å². The van der Waals surface area contributed by atoms with Crippen molar-refractivity contribution >= 4 is 17.3 Å². The molecule has 2 N–H and O–H groups in total. The number of benzene rings is 1. The van der Waals surface area contributed by atoms with Crippen LogP contribution in [0, 0.1) is 6.92 Å². The lowest BCUT2D eigenvalue weighted by atomic mass is 10.1. The average molecular weight is 290 g/mol. The summed E-state index contributed by atoms with van der Waals surface area (Å²) in [6.45, 7) is 3.37. The van der Waals surface area contributed by atoms with E-state index < -0.39 is 0 Å². The van der Waals surface area contributed by atoms with Crippen LogP contribution in [0.4, 0.5) is 5.69 Å². The smallest absolute Gasteiger partial charge is 0.0600 e. The highest BCUT2D eigenvalue weighted by Crippen LogP contribution is 2.24. The Morgan fingerprint density at radius 1 is 1.25 bits per heavy atom. The van der Waals surface area contributed by atoms with Crippen molar-refractivity contribution in [3.8, 4) is 0 Å². The molecule has 0 aliphatic carbocycles. The van der Waals surface area contributed by atoms with Crippen LogP contribution in [0.5, 0.6) is 0 Å². The number of aryl methyl sites for hydroxylation is 1. The number of hydrogen-bond donors (Lipinski definition) is 1. The highest BCUT2D eigenvalue weighted by Gasteiger charge is 2.06. The van der Waals surface area contributed by atoms with Gasteiger partial charge >= 0.3 is 0 Å². The number of nitrogens with zero attached hydrogens (tertiary/aromatic N) is 2. The van der Waals surface area contributed by atoms with Gasteiger partial charge in [0.1, 0.15) is 0 Å². The summed E-state index contributed by atoms with van der Waals surface area (Å²) < 4.78 is 0. The molecular formula is C16H20ClN3. The van der Waals surface area contributed by atoms with Gasteiger partial charge in [-0.1, -0.05) is 23.7 Å². The van der Waals surface area contributed by atoms with E-state index in [2.05, 4.69) is 16.0 Å². The van der Waals surface area contributed by atoms with Crippen LogP contribution in [0.2, 0.25) is 5.02 Å². The molecule has 2 rings (SSSR count). The van der Waals surface area contributed by atoms with Crippen LogP contribution in [0.1, 0.15) is 17.0 Å². The van der Waals surface area contributed by atoms with Gasteiger partial charge in [0.05, 0.1) is 12.2 Å². The maximum absolute atomic E-state index is 6.28. The SMILES string of the molecule is Cc1cccc(CN(C)c2ccc(CCN)c(Cl)c2)n1. The zero-order chi connectivity index (χ0) is 14.5. The second kappa shape index (κ2) is 6.73. The molecule has 0 aliphatic rings. The molecule has 1 heterocycles. The largest absolute Gasteiger partial charge is 0.369 e. The maximum atomic E-state index is 6.28. The molecule has 1 aromatic carbocycles. The lowest BCUT2D eigenvalue weighted by molar-refractivity contribution is 0.875. The van der Waals surface area contributed by atoms with E-state index in [1.54, 1.807) is 0 Å². The summed E-state index contributed by atoms with van der Waals surface area (Å²) in [6, 6.07) is 12.2. The van der Waals surface area contributed by atoms with Crippen LogP contribution in [0.3, 0.4) is 0 Å². The molecule has 3 nitrogen and oxygen atoms in total. The van der Waals surface area contributed by atoms with Gasteiger partial charge < -0.3 is 10.6 Å². The van der Waals surface area contributed by atoms with Crippen LogP contribution in [0.15, 0.2) is 36.4 Å².